The molecule has 1 unspecified atom stereocenters. The monoisotopic (exact) mass is 418 g/mol. The van der Waals surface area contributed by atoms with Gasteiger partial charge in [-0.15, -0.1) is 11.3 Å². The average molecular weight is 418 g/mol. The lowest BCUT2D eigenvalue weighted by molar-refractivity contribution is -0.138. The first-order valence-corrected chi connectivity index (χ1v) is 10.6. The fourth-order valence-corrected chi connectivity index (χ4v) is 5.23. The Morgan fingerprint density at radius 2 is 1.97 bits per heavy atom. The van der Waals surface area contributed by atoms with E-state index in [-0.39, 0.29) is 36.5 Å². The fraction of sp³-hybridized carbons (Fsp3) is 0.261. The Balaban J connectivity index is 1.73. The quantitative estimate of drug-likeness (QED) is 0.701. The summed E-state index contributed by atoms with van der Waals surface area (Å²) in [6.07, 6.45) is 1.81. The molecule has 1 fully saturated rings. The molecule has 30 heavy (non-hydrogen) atoms. The number of thiophene rings is 1. The van der Waals surface area contributed by atoms with Crippen LogP contribution >= 0.6 is 11.3 Å². The van der Waals surface area contributed by atoms with Crippen LogP contribution in [0.25, 0.3) is 5.76 Å². The van der Waals surface area contributed by atoms with Crippen molar-refractivity contribution in [3.05, 3.63) is 68.7 Å². The van der Waals surface area contributed by atoms with Crippen molar-refractivity contribution in [3.63, 3.8) is 0 Å². The van der Waals surface area contributed by atoms with Crippen LogP contribution in [0.1, 0.15) is 41.2 Å². The number of aryl methyl sites for hydroxylation is 1. The molecule has 2 amide bonds. The molecule has 1 aromatic carbocycles. The summed E-state index contributed by atoms with van der Waals surface area (Å²) in [6, 6.07) is 12.0. The normalized spacial score (nSPS) is 20.7. The van der Waals surface area contributed by atoms with Gasteiger partial charge >= 0.3 is 0 Å². The summed E-state index contributed by atoms with van der Waals surface area (Å²) >= 11 is 1.55. The number of allylic oxidation sites excluding steroid dienone is 2. The number of rotatable bonds is 3. The van der Waals surface area contributed by atoms with Crippen molar-refractivity contribution in [2.45, 2.75) is 31.6 Å². The summed E-state index contributed by atoms with van der Waals surface area (Å²) in [6.45, 7) is 0. The molecule has 0 spiro atoms. The minimum Gasteiger partial charge on any atom is -0.497 e. The van der Waals surface area contributed by atoms with Crippen LogP contribution in [0.2, 0.25) is 0 Å². The number of likely N-dealkylation sites (tertiary alicyclic amines) is 1. The van der Waals surface area contributed by atoms with Crippen molar-refractivity contribution in [1.82, 2.24) is 4.90 Å². The molecule has 5 rings (SSSR count). The molecule has 1 saturated heterocycles. The van der Waals surface area contributed by atoms with Gasteiger partial charge in [0.1, 0.15) is 23.2 Å². The van der Waals surface area contributed by atoms with Gasteiger partial charge in [0.25, 0.3) is 0 Å². The third kappa shape index (κ3) is 2.76. The first-order valence-electron chi connectivity index (χ1n) is 9.74. The molecule has 1 aromatic heterocycles. The standard InChI is InChI=1S/C23H18N2O4S/c1-28-14-6-4-13-5-7-15-21(18-3-2-10-30-18)17(12-24)23(29-22(15)16(13)11-14)25-19(26)8-9-20(25)27/h2-4,6,10-11,21H,5,7-9H2,1H3. The van der Waals surface area contributed by atoms with Crippen LogP contribution in [0.4, 0.5) is 0 Å². The van der Waals surface area contributed by atoms with Gasteiger partial charge in [-0.3, -0.25) is 9.59 Å². The Bertz CT molecular complexity index is 1150. The minimum absolute atomic E-state index is 0.0535. The number of amides is 2. The smallest absolute Gasteiger partial charge is 0.236 e. The zero-order valence-electron chi connectivity index (χ0n) is 16.3. The molecular formula is C23H18N2O4S. The van der Waals surface area contributed by atoms with Crippen molar-refractivity contribution in [2.24, 2.45) is 0 Å². The summed E-state index contributed by atoms with van der Waals surface area (Å²) in [5.41, 5.74) is 3.30. The van der Waals surface area contributed by atoms with Gasteiger partial charge in [-0.2, -0.15) is 5.26 Å². The fourth-order valence-electron chi connectivity index (χ4n) is 4.36. The van der Waals surface area contributed by atoms with Crippen molar-refractivity contribution >= 4 is 28.9 Å². The van der Waals surface area contributed by atoms with Gasteiger partial charge in [-0.05, 0) is 47.6 Å². The number of fused-ring (bicyclic) bond motifs is 2. The molecular weight excluding hydrogens is 400 g/mol. The SMILES string of the molecule is COc1ccc2c(c1)C1=C(CC2)C(c2cccs2)C(C#N)=C(N2C(=O)CCC2=O)O1. The zero-order chi connectivity index (χ0) is 20.8. The molecule has 2 aliphatic heterocycles. The number of ether oxygens (including phenoxy) is 2. The maximum Gasteiger partial charge on any atom is 0.236 e. The largest absolute Gasteiger partial charge is 0.497 e. The van der Waals surface area contributed by atoms with Crippen LogP contribution in [0.3, 0.4) is 0 Å². The summed E-state index contributed by atoms with van der Waals surface area (Å²) in [5, 5.41) is 12.0. The van der Waals surface area contributed by atoms with Gasteiger partial charge in [0, 0.05) is 23.3 Å². The third-order valence-electron chi connectivity index (χ3n) is 5.79. The number of carbonyl (C=O) groups is 2. The average Bonchev–Trinajstić information content (AvgIpc) is 3.41. The van der Waals surface area contributed by atoms with E-state index in [1.165, 1.54) is 0 Å². The number of nitriles is 1. The molecule has 1 aliphatic carbocycles. The number of carbonyl (C=O) groups excluding carboxylic acids is 2. The molecule has 0 N–H and O–H groups in total. The zero-order valence-corrected chi connectivity index (χ0v) is 17.1. The lowest BCUT2D eigenvalue weighted by Crippen LogP contribution is -2.34. The van der Waals surface area contributed by atoms with E-state index in [1.807, 2.05) is 35.7 Å². The lowest BCUT2D eigenvalue weighted by atomic mass is 9.79. The topological polar surface area (TPSA) is 79.6 Å². The highest BCUT2D eigenvalue weighted by atomic mass is 32.1. The van der Waals surface area contributed by atoms with E-state index >= 15 is 0 Å². The Labute approximate surface area is 177 Å². The van der Waals surface area contributed by atoms with Crippen LogP contribution < -0.4 is 4.74 Å². The van der Waals surface area contributed by atoms with Gasteiger partial charge in [0.15, 0.2) is 0 Å². The molecule has 2 aromatic rings. The predicted octanol–water partition coefficient (Wildman–Crippen LogP) is 4.11. The van der Waals surface area contributed by atoms with Crippen molar-refractivity contribution in [3.8, 4) is 11.8 Å². The highest BCUT2D eigenvalue weighted by Gasteiger charge is 2.43. The van der Waals surface area contributed by atoms with Gasteiger partial charge < -0.3 is 9.47 Å². The van der Waals surface area contributed by atoms with Crippen LogP contribution in [0, 0.1) is 11.3 Å². The number of nitrogens with zero attached hydrogens (tertiary/aromatic N) is 2. The molecule has 3 aliphatic rings. The van der Waals surface area contributed by atoms with Crippen molar-refractivity contribution < 1.29 is 19.1 Å². The molecule has 3 heterocycles. The Kier molecular flexibility index (Phi) is 4.44. The third-order valence-corrected chi connectivity index (χ3v) is 6.72. The number of benzene rings is 1. The van der Waals surface area contributed by atoms with E-state index in [0.29, 0.717) is 17.1 Å². The first-order chi connectivity index (χ1) is 14.6. The van der Waals surface area contributed by atoms with E-state index in [0.717, 1.165) is 39.3 Å². The van der Waals surface area contributed by atoms with Crippen LogP contribution in [-0.4, -0.2) is 23.8 Å². The van der Waals surface area contributed by atoms with Gasteiger partial charge in [-0.1, -0.05) is 12.1 Å². The maximum atomic E-state index is 12.5. The van der Waals surface area contributed by atoms with E-state index in [4.69, 9.17) is 9.47 Å². The summed E-state index contributed by atoms with van der Waals surface area (Å²) in [4.78, 5) is 27.0. The Morgan fingerprint density at radius 1 is 1.17 bits per heavy atom. The number of hydrogen-bond donors (Lipinski definition) is 0. The van der Waals surface area contributed by atoms with Crippen molar-refractivity contribution in [1.29, 1.82) is 5.26 Å². The van der Waals surface area contributed by atoms with Gasteiger partial charge in [0.2, 0.25) is 17.7 Å². The second-order valence-electron chi connectivity index (χ2n) is 7.38. The minimum atomic E-state index is -0.339. The molecule has 0 radical (unpaired) electrons. The number of methoxy groups -OCH3 is 1. The molecule has 0 bridgehead atoms. The van der Waals surface area contributed by atoms with E-state index in [1.54, 1.807) is 18.4 Å². The van der Waals surface area contributed by atoms with Crippen LogP contribution in [0.15, 0.2) is 52.7 Å². The molecule has 6 nitrogen and oxygen atoms in total. The van der Waals surface area contributed by atoms with E-state index in [2.05, 4.69) is 6.07 Å². The van der Waals surface area contributed by atoms with Gasteiger partial charge in [0.05, 0.1) is 13.0 Å². The highest BCUT2D eigenvalue weighted by Crippen LogP contribution is 2.50. The first kappa shape index (κ1) is 18.6. The number of hydrogen-bond acceptors (Lipinski definition) is 6. The van der Waals surface area contributed by atoms with Crippen molar-refractivity contribution in [2.75, 3.05) is 7.11 Å². The lowest BCUT2D eigenvalue weighted by Gasteiger charge is -2.35. The van der Waals surface area contributed by atoms with E-state index in [9.17, 15) is 14.9 Å². The molecule has 7 heteroatoms. The van der Waals surface area contributed by atoms with Gasteiger partial charge in [-0.25, -0.2) is 4.90 Å². The molecule has 150 valence electrons. The Morgan fingerprint density at radius 3 is 2.63 bits per heavy atom. The summed E-state index contributed by atoms with van der Waals surface area (Å²) in [7, 11) is 1.61. The van der Waals surface area contributed by atoms with E-state index < -0.39 is 0 Å². The predicted molar refractivity (Wildman–Crippen MR) is 110 cm³/mol. The highest BCUT2D eigenvalue weighted by molar-refractivity contribution is 7.10. The second-order valence-corrected chi connectivity index (χ2v) is 8.36. The Hall–Kier alpha value is -3.37. The molecule has 1 atom stereocenters. The summed E-state index contributed by atoms with van der Waals surface area (Å²) < 4.78 is 11.6. The maximum absolute atomic E-state index is 12.5. The molecule has 0 saturated carbocycles. The number of imide groups is 1. The summed E-state index contributed by atoms with van der Waals surface area (Å²) in [5.74, 6) is 0.364. The van der Waals surface area contributed by atoms with Crippen LogP contribution in [-0.2, 0) is 20.7 Å². The van der Waals surface area contributed by atoms with Crippen LogP contribution in [0.5, 0.6) is 5.75 Å². The second kappa shape index (κ2) is 7.15.